The number of carbonyl (C=O) groups is 1. The van der Waals surface area contributed by atoms with Crippen molar-refractivity contribution in [3.63, 3.8) is 0 Å². The number of methoxy groups -OCH3 is 1. The first-order valence-corrected chi connectivity index (χ1v) is 9.04. The average Bonchev–Trinajstić information content (AvgIpc) is 3.09. The summed E-state index contributed by atoms with van der Waals surface area (Å²) in [5.74, 6) is 0.252. The van der Waals surface area contributed by atoms with Crippen molar-refractivity contribution in [3.05, 3.63) is 51.8 Å². The second kappa shape index (κ2) is 7.90. The van der Waals surface area contributed by atoms with Crippen molar-refractivity contribution < 1.29 is 14.3 Å². The third kappa shape index (κ3) is 3.91. The minimum atomic E-state index is -0.635. The van der Waals surface area contributed by atoms with E-state index in [4.69, 9.17) is 21.1 Å². The van der Waals surface area contributed by atoms with Crippen molar-refractivity contribution in [1.82, 2.24) is 20.2 Å². The Kier molecular flexibility index (Phi) is 5.15. The number of fused-ring (bicyclic) bond motifs is 2. The summed E-state index contributed by atoms with van der Waals surface area (Å²) < 4.78 is 9.78. The quantitative estimate of drug-likeness (QED) is 0.431. The van der Waals surface area contributed by atoms with Gasteiger partial charge in [-0.25, -0.2) is 14.9 Å². The molecule has 0 bridgehead atoms. The van der Waals surface area contributed by atoms with Gasteiger partial charge in [0.2, 0.25) is 5.95 Å². The first-order valence-electron chi connectivity index (χ1n) is 8.66. The molecule has 0 aliphatic rings. The maximum absolute atomic E-state index is 12.0. The highest BCUT2D eigenvalue weighted by Gasteiger charge is 2.12. The van der Waals surface area contributed by atoms with E-state index < -0.39 is 6.09 Å². The van der Waals surface area contributed by atoms with E-state index in [1.807, 2.05) is 12.1 Å². The smallest absolute Gasteiger partial charge is 0.414 e. The van der Waals surface area contributed by atoms with Crippen LogP contribution in [-0.4, -0.2) is 46.6 Å². The zero-order chi connectivity index (χ0) is 20.4. The van der Waals surface area contributed by atoms with E-state index in [1.54, 1.807) is 24.3 Å². The van der Waals surface area contributed by atoms with Gasteiger partial charge in [0.15, 0.2) is 0 Å². The number of imidazole rings is 1. The third-order valence-corrected chi connectivity index (χ3v) is 4.48. The first kappa shape index (κ1) is 18.9. The maximum atomic E-state index is 12.0. The highest BCUT2D eigenvalue weighted by atomic mass is 35.5. The van der Waals surface area contributed by atoms with E-state index in [0.29, 0.717) is 39.1 Å². The van der Waals surface area contributed by atoms with Crippen LogP contribution in [0.1, 0.15) is 0 Å². The lowest BCUT2D eigenvalue weighted by molar-refractivity contribution is 0.107. The Labute approximate surface area is 169 Å². The molecule has 0 radical (unpaired) electrons. The average molecular weight is 414 g/mol. The lowest BCUT2D eigenvalue weighted by Gasteiger charge is -2.05. The fraction of sp³-hybridized carbons (Fsp3) is 0.158. The lowest BCUT2D eigenvalue weighted by atomic mass is 10.0. The van der Waals surface area contributed by atoms with Crippen LogP contribution in [0.2, 0.25) is 5.02 Å². The second-order valence-corrected chi connectivity index (χ2v) is 6.60. The van der Waals surface area contributed by atoms with Crippen molar-refractivity contribution in [2.24, 2.45) is 0 Å². The molecule has 4 aromatic rings. The zero-order valence-electron chi connectivity index (χ0n) is 15.3. The molecule has 2 aromatic carbocycles. The predicted molar refractivity (Wildman–Crippen MR) is 109 cm³/mol. The zero-order valence-corrected chi connectivity index (χ0v) is 16.0. The van der Waals surface area contributed by atoms with Crippen LogP contribution in [0, 0.1) is 0 Å². The Hall–Kier alpha value is -3.43. The number of ether oxygens (including phenoxy) is 2. The summed E-state index contributed by atoms with van der Waals surface area (Å²) in [7, 11) is 1.52. The van der Waals surface area contributed by atoms with Gasteiger partial charge in [0.05, 0.1) is 28.7 Å². The van der Waals surface area contributed by atoms with E-state index in [2.05, 4.69) is 25.5 Å². The number of nitrogens with one attached hydrogen (secondary N) is 3. The van der Waals surface area contributed by atoms with Crippen LogP contribution in [0.4, 0.5) is 10.7 Å². The first-order chi connectivity index (χ1) is 14.0. The van der Waals surface area contributed by atoms with E-state index in [0.717, 1.165) is 5.56 Å². The number of hydrogen-bond donors (Lipinski definition) is 3. The molecule has 0 saturated carbocycles. The molecular formula is C19H16ClN5O4. The summed E-state index contributed by atoms with van der Waals surface area (Å²) in [6.45, 7) is 0.446. The number of hydrogen-bond acceptors (Lipinski definition) is 6. The molecule has 0 fully saturated rings. The Morgan fingerprint density at radius 3 is 2.86 bits per heavy atom. The summed E-state index contributed by atoms with van der Waals surface area (Å²) in [6.07, 6.45) is -0.635. The number of amides is 1. The largest absolute Gasteiger partial charge is 0.447 e. The van der Waals surface area contributed by atoms with E-state index in [1.165, 1.54) is 7.11 Å². The standard InChI is InChI=1S/C19H16ClN5O4/c1-28-6-7-29-19(27)23-18-21-14-5-2-10(8-15(14)22-18)16-13-9-11(20)3-4-12(13)17(26)25-24-16/h2-5,8-9H,6-7H2,1H3,(H,25,26)(H2,21,22,23,27). The fourth-order valence-corrected chi connectivity index (χ4v) is 3.09. The monoisotopic (exact) mass is 413 g/mol. The van der Waals surface area contributed by atoms with Crippen molar-refractivity contribution in [1.29, 1.82) is 0 Å². The van der Waals surface area contributed by atoms with Gasteiger partial charge in [0, 0.05) is 23.1 Å². The van der Waals surface area contributed by atoms with Gasteiger partial charge < -0.3 is 14.5 Å². The Bertz CT molecular complexity index is 1270. The van der Waals surface area contributed by atoms with Crippen molar-refractivity contribution in [2.45, 2.75) is 0 Å². The van der Waals surface area contributed by atoms with Gasteiger partial charge in [-0.2, -0.15) is 5.10 Å². The number of aromatic nitrogens is 4. The van der Waals surface area contributed by atoms with Gasteiger partial charge in [-0.3, -0.25) is 10.1 Å². The predicted octanol–water partition coefficient (Wildman–Crippen LogP) is 3.31. The van der Waals surface area contributed by atoms with Gasteiger partial charge >= 0.3 is 6.09 Å². The Morgan fingerprint density at radius 2 is 2.03 bits per heavy atom. The molecular weight excluding hydrogens is 398 g/mol. The van der Waals surface area contributed by atoms with Gasteiger partial charge in [0.1, 0.15) is 6.61 Å². The number of halogens is 1. The minimum absolute atomic E-state index is 0.139. The molecule has 148 valence electrons. The third-order valence-electron chi connectivity index (χ3n) is 4.25. The van der Waals surface area contributed by atoms with Crippen LogP contribution in [0.25, 0.3) is 33.1 Å². The van der Waals surface area contributed by atoms with Crippen LogP contribution in [-0.2, 0) is 9.47 Å². The molecule has 2 heterocycles. The number of benzene rings is 2. The number of aromatic amines is 2. The van der Waals surface area contributed by atoms with Gasteiger partial charge in [0.25, 0.3) is 5.56 Å². The summed E-state index contributed by atoms with van der Waals surface area (Å²) >= 11 is 6.11. The normalized spacial score (nSPS) is 11.1. The van der Waals surface area contributed by atoms with E-state index in [-0.39, 0.29) is 18.1 Å². The summed E-state index contributed by atoms with van der Waals surface area (Å²) in [5.41, 5.74) is 2.34. The van der Waals surface area contributed by atoms with E-state index >= 15 is 0 Å². The van der Waals surface area contributed by atoms with Crippen LogP contribution in [0.5, 0.6) is 0 Å². The molecule has 3 N–H and O–H groups in total. The Balaban J connectivity index is 1.67. The molecule has 9 nitrogen and oxygen atoms in total. The number of rotatable bonds is 5. The topological polar surface area (TPSA) is 122 Å². The number of H-pyrrole nitrogens is 2. The SMILES string of the molecule is COCCOC(=O)Nc1nc2cc(-c3n[nH]c(=O)c4ccc(Cl)cc34)ccc2[nH]1. The van der Waals surface area contributed by atoms with Crippen molar-refractivity contribution in [3.8, 4) is 11.3 Å². The molecule has 0 unspecified atom stereocenters. The van der Waals surface area contributed by atoms with E-state index in [9.17, 15) is 9.59 Å². The number of carbonyl (C=O) groups excluding carboxylic acids is 1. The summed E-state index contributed by atoms with van der Waals surface area (Å²) in [5, 5.41) is 10.8. The minimum Gasteiger partial charge on any atom is -0.447 e. The summed E-state index contributed by atoms with van der Waals surface area (Å²) in [6, 6.07) is 10.5. The molecule has 0 aliphatic carbocycles. The molecule has 1 amide bonds. The molecule has 0 saturated heterocycles. The fourth-order valence-electron chi connectivity index (χ4n) is 2.92. The molecule has 2 aromatic heterocycles. The summed E-state index contributed by atoms with van der Waals surface area (Å²) in [4.78, 5) is 31.2. The van der Waals surface area contributed by atoms with Crippen molar-refractivity contribution in [2.75, 3.05) is 25.6 Å². The molecule has 0 atom stereocenters. The molecule has 4 rings (SSSR count). The highest BCUT2D eigenvalue weighted by Crippen LogP contribution is 2.29. The van der Waals surface area contributed by atoms with Gasteiger partial charge in [-0.05, 0) is 30.3 Å². The van der Waals surface area contributed by atoms with Crippen LogP contribution in [0.3, 0.4) is 0 Å². The van der Waals surface area contributed by atoms with Crippen LogP contribution in [0.15, 0.2) is 41.2 Å². The van der Waals surface area contributed by atoms with Gasteiger partial charge in [-0.15, -0.1) is 0 Å². The van der Waals surface area contributed by atoms with Crippen LogP contribution >= 0.6 is 11.6 Å². The number of nitrogens with zero attached hydrogens (tertiary/aromatic N) is 2. The molecule has 0 spiro atoms. The highest BCUT2D eigenvalue weighted by molar-refractivity contribution is 6.31. The molecule has 10 heteroatoms. The Morgan fingerprint density at radius 1 is 1.17 bits per heavy atom. The lowest BCUT2D eigenvalue weighted by Crippen LogP contribution is -2.17. The number of anilines is 1. The van der Waals surface area contributed by atoms with Gasteiger partial charge in [-0.1, -0.05) is 17.7 Å². The molecule has 0 aliphatic heterocycles. The maximum Gasteiger partial charge on any atom is 0.414 e. The van der Waals surface area contributed by atoms with Crippen molar-refractivity contribution >= 4 is 45.4 Å². The molecule has 29 heavy (non-hydrogen) atoms. The van der Waals surface area contributed by atoms with Crippen LogP contribution < -0.4 is 10.9 Å². The second-order valence-electron chi connectivity index (χ2n) is 6.16.